The molecule has 2 N–H and O–H groups in total. The Labute approximate surface area is 230 Å². The predicted octanol–water partition coefficient (Wildman–Crippen LogP) is 5.98. The normalized spacial score (nSPS) is 12.9. The van der Waals surface area contributed by atoms with Gasteiger partial charge in [-0.1, -0.05) is 59.8 Å². The van der Waals surface area contributed by atoms with Crippen LogP contribution in [-0.4, -0.2) is 42.9 Å². The molecule has 37 heavy (non-hydrogen) atoms. The number of carboxylic acid groups (broad SMARTS) is 1. The maximum absolute atomic E-state index is 12.7. The lowest BCUT2D eigenvalue weighted by Gasteiger charge is -2.10. The zero-order valence-electron chi connectivity index (χ0n) is 19.4. The highest BCUT2D eigenvalue weighted by Crippen LogP contribution is 2.41. The maximum Gasteiger partial charge on any atom is 0.307 e. The van der Waals surface area contributed by atoms with Crippen molar-refractivity contribution in [1.82, 2.24) is 20.2 Å². The molecule has 1 fully saturated rings. The molecule has 11 heteroatoms. The second-order valence-electron chi connectivity index (χ2n) is 8.66. The minimum atomic E-state index is -0.864. The van der Waals surface area contributed by atoms with Gasteiger partial charge in [0.25, 0.3) is 0 Å². The number of halogens is 2. The number of benzene rings is 3. The Morgan fingerprint density at radius 3 is 2.51 bits per heavy atom. The lowest BCUT2D eigenvalue weighted by Crippen LogP contribution is -2.15. The molecule has 3 aromatic carbocycles. The van der Waals surface area contributed by atoms with E-state index in [9.17, 15) is 9.59 Å². The predicted molar refractivity (Wildman–Crippen MR) is 146 cm³/mol. The van der Waals surface area contributed by atoms with Crippen LogP contribution in [0.3, 0.4) is 0 Å². The number of hydrogen-bond acceptors (Lipinski definition) is 6. The Balaban J connectivity index is 1.21. The molecule has 0 unspecified atom stereocenters. The lowest BCUT2D eigenvalue weighted by molar-refractivity contribution is -0.136. The molecule has 1 aromatic heterocycles. The van der Waals surface area contributed by atoms with Crippen LogP contribution in [0.4, 0.5) is 5.69 Å². The zero-order chi connectivity index (χ0) is 25.9. The summed E-state index contributed by atoms with van der Waals surface area (Å²) in [4.78, 5) is 23.6. The van der Waals surface area contributed by atoms with E-state index in [0.717, 1.165) is 21.2 Å². The molecule has 0 aliphatic heterocycles. The summed E-state index contributed by atoms with van der Waals surface area (Å²) in [6, 6.07) is 18.9. The van der Waals surface area contributed by atoms with E-state index < -0.39 is 5.97 Å². The Kier molecular flexibility index (Phi) is 7.59. The Morgan fingerprint density at radius 2 is 1.84 bits per heavy atom. The Bertz CT molecular complexity index is 1470. The summed E-state index contributed by atoms with van der Waals surface area (Å²) in [5.41, 5.74) is 5.15. The molecule has 0 bridgehead atoms. The van der Waals surface area contributed by atoms with Gasteiger partial charge in [-0.2, -0.15) is 4.68 Å². The maximum atomic E-state index is 12.7. The highest BCUT2D eigenvalue weighted by Gasteiger charge is 2.24. The standard InChI is InChI=1S/C26H21BrClN5O3S/c27-20-12-18(16-3-1-15(2-4-16)11-25(35)36)7-9-22(20)29-24(34)14-37-26-30-31-32-33(26)23-10-8-19(13-21(23)28)17-5-6-17/h1-4,7-10,12-13,17H,5-6,11,14H2,(H,29,34)(H,35,36). The van der Waals surface area contributed by atoms with Crippen molar-refractivity contribution < 1.29 is 14.7 Å². The molecule has 0 saturated heterocycles. The monoisotopic (exact) mass is 597 g/mol. The van der Waals surface area contributed by atoms with Crippen LogP contribution in [0.5, 0.6) is 0 Å². The smallest absolute Gasteiger partial charge is 0.307 e. The molecular weight excluding hydrogens is 578 g/mol. The first-order valence-corrected chi connectivity index (χ1v) is 13.6. The number of nitrogens with one attached hydrogen (secondary N) is 1. The van der Waals surface area contributed by atoms with Crippen molar-refractivity contribution in [3.05, 3.63) is 81.3 Å². The summed E-state index contributed by atoms with van der Waals surface area (Å²) in [5.74, 6) is -0.370. The summed E-state index contributed by atoms with van der Waals surface area (Å²) >= 11 is 11.3. The van der Waals surface area contributed by atoms with Crippen molar-refractivity contribution in [3.8, 4) is 16.8 Å². The van der Waals surface area contributed by atoms with Crippen molar-refractivity contribution in [1.29, 1.82) is 0 Å². The van der Waals surface area contributed by atoms with Gasteiger partial charge in [-0.15, -0.1) is 5.10 Å². The highest BCUT2D eigenvalue weighted by atomic mass is 79.9. The van der Waals surface area contributed by atoms with Crippen molar-refractivity contribution in [2.45, 2.75) is 30.3 Å². The number of carbonyl (C=O) groups excluding carboxylic acids is 1. The average molecular weight is 599 g/mol. The topological polar surface area (TPSA) is 110 Å². The van der Waals surface area contributed by atoms with Crippen molar-refractivity contribution in [3.63, 3.8) is 0 Å². The van der Waals surface area contributed by atoms with Gasteiger partial charge in [0.05, 0.1) is 28.6 Å². The van der Waals surface area contributed by atoms with E-state index in [0.29, 0.717) is 27.5 Å². The van der Waals surface area contributed by atoms with Gasteiger partial charge in [-0.3, -0.25) is 9.59 Å². The molecule has 0 radical (unpaired) electrons. The van der Waals surface area contributed by atoms with E-state index in [1.807, 2.05) is 48.5 Å². The van der Waals surface area contributed by atoms with E-state index in [1.165, 1.54) is 30.2 Å². The van der Waals surface area contributed by atoms with E-state index in [2.05, 4.69) is 36.8 Å². The van der Waals surface area contributed by atoms with Gasteiger partial charge < -0.3 is 10.4 Å². The van der Waals surface area contributed by atoms with Crippen LogP contribution < -0.4 is 5.32 Å². The molecule has 5 rings (SSSR count). The van der Waals surface area contributed by atoms with Crippen LogP contribution in [-0.2, 0) is 16.0 Å². The molecule has 188 valence electrons. The number of tetrazole rings is 1. The molecule has 0 spiro atoms. The number of carboxylic acids is 1. The first-order valence-electron chi connectivity index (χ1n) is 11.5. The number of aliphatic carboxylic acids is 1. The second kappa shape index (κ2) is 11.0. The summed E-state index contributed by atoms with van der Waals surface area (Å²) in [5, 5.41) is 24.7. The third-order valence-corrected chi connectivity index (χ3v) is 7.79. The van der Waals surface area contributed by atoms with Crippen LogP contribution in [0, 0.1) is 0 Å². The van der Waals surface area contributed by atoms with E-state index >= 15 is 0 Å². The quantitative estimate of drug-likeness (QED) is 0.228. The molecule has 1 heterocycles. The van der Waals surface area contributed by atoms with Gasteiger partial charge in [0.15, 0.2) is 0 Å². The van der Waals surface area contributed by atoms with Crippen LogP contribution in [0.15, 0.2) is 70.3 Å². The summed E-state index contributed by atoms with van der Waals surface area (Å²) in [6.07, 6.45) is 2.37. The van der Waals surface area contributed by atoms with Gasteiger partial charge in [0.1, 0.15) is 0 Å². The number of hydrogen-bond donors (Lipinski definition) is 2. The third kappa shape index (κ3) is 6.20. The average Bonchev–Trinajstić information content (AvgIpc) is 3.62. The van der Waals surface area contributed by atoms with Crippen molar-refractivity contribution >= 4 is 56.9 Å². The fraction of sp³-hybridized carbons (Fsp3) is 0.192. The van der Waals surface area contributed by atoms with Crippen LogP contribution in [0.25, 0.3) is 16.8 Å². The SMILES string of the molecule is O=C(O)Cc1ccc(-c2ccc(NC(=O)CSc3nnnn3-c3ccc(C4CC4)cc3Cl)c(Br)c2)cc1. The van der Waals surface area contributed by atoms with Crippen molar-refractivity contribution in [2.24, 2.45) is 0 Å². The van der Waals surface area contributed by atoms with Gasteiger partial charge in [0.2, 0.25) is 11.1 Å². The number of amides is 1. The number of rotatable bonds is 9. The first-order chi connectivity index (χ1) is 17.9. The molecule has 1 aliphatic rings. The number of aromatic nitrogens is 4. The van der Waals surface area contributed by atoms with E-state index in [1.54, 1.807) is 16.8 Å². The zero-order valence-corrected chi connectivity index (χ0v) is 22.6. The van der Waals surface area contributed by atoms with Gasteiger partial charge in [-0.25, -0.2) is 0 Å². The minimum Gasteiger partial charge on any atom is -0.481 e. The second-order valence-corrected chi connectivity index (χ2v) is 10.9. The number of anilines is 1. The largest absolute Gasteiger partial charge is 0.481 e. The fourth-order valence-electron chi connectivity index (χ4n) is 3.89. The first kappa shape index (κ1) is 25.4. The number of nitrogens with zero attached hydrogens (tertiary/aromatic N) is 4. The Hall–Kier alpha value is -3.21. The van der Waals surface area contributed by atoms with Gasteiger partial charge in [-0.05, 0) is 91.6 Å². The number of thioether (sulfide) groups is 1. The summed E-state index contributed by atoms with van der Waals surface area (Å²) in [6.45, 7) is 0. The highest BCUT2D eigenvalue weighted by molar-refractivity contribution is 9.10. The van der Waals surface area contributed by atoms with Gasteiger partial charge in [0, 0.05) is 4.47 Å². The molecule has 8 nitrogen and oxygen atoms in total. The summed E-state index contributed by atoms with van der Waals surface area (Å²) < 4.78 is 2.27. The van der Waals surface area contributed by atoms with E-state index in [4.69, 9.17) is 16.7 Å². The fourth-order valence-corrected chi connectivity index (χ4v) is 5.32. The molecule has 1 amide bonds. The molecule has 4 aromatic rings. The molecule has 1 aliphatic carbocycles. The lowest BCUT2D eigenvalue weighted by atomic mass is 10.0. The Morgan fingerprint density at radius 1 is 1.08 bits per heavy atom. The van der Waals surface area contributed by atoms with Crippen molar-refractivity contribution in [2.75, 3.05) is 11.1 Å². The van der Waals surface area contributed by atoms with Gasteiger partial charge >= 0.3 is 5.97 Å². The minimum absolute atomic E-state index is 0.0148. The third-order valence-electron chi connectivity index (χ3n) is 5.91. The molecule has 1 saturated carbocycles. The molecular formula is C26H21BrClN5O3S. The van der Waals surface area contributed by atoms with E-state index in [-0.39, 0.29) is 18.1 Å². The summed E-state index contributed by atoms with van der Waals surface area (Å²) in [7, 11) is 0. The van der Waals surface area contributed by atoms with Crippen LogP contribution in [0.1, 0.15) is 29.9 Å². The van der Waals surface area contributed by atoms with Crippen LogP contribution in [0.2, 0.25) is 5.02 Å². The van der Waals surface area contributed by atoms with Crippen LogP contribution >= 0.6 is 39.3 Å². The number of carbonyl (C=O) groups is 2. The molecule has 0 atom stereocenters.